The molecule has 4 nitrogen and oxygen atoms in total. The summed E-state index contributed by atoms with van der Waals surface area (Å²) < 4.78 is 0. The first-order valence-corrected chi connectivity index (χ1v) is 8.44. The number of benzene rings is 1. The van der Waals surface area contributed by atoms with Crippen LogP contribution in [0.1, 0.15) is 36.5 Å². The molecule has 3 N–H and O–H groups in total. The Morgan fingerprint density at radius 1 is 1.36 bits per heavy atom. The zero-order chi connectivity index (χ0) is 15.9. The molecule has 1 aromatic carbocycles. The number of aryl methyl sites for hydroxylation is 2. The lowest BCUT2D eigenvalue weighted by Gasteiger charge is -2.21. The van der Waals surface area contributed by atoms with Gasteiger partial charge in [-0.2, -0.15) is 0 Å². The molecule has 4 heteroatoms. The molecular weight excluding hydrogens is 272 g/mol. The van der Waals surface area contributed by atoms with Gasteiger partial charge in [-0.1, -0.05) is 25.1 Å². The van der Waals surface area contributed by atoms with Gasteiger partial charge in [-0.15, -0.1) is 0 Å². The fourth-order valence-electron chi connectivity index (χ4n) is 3.34. The van der Waals surface area contributed by atoms with E-state index in [1.807, 2.05) is 0 Å². The van der Waals surface area contributed by atoms with Crippen molar-refractivity contribution in [3.05, 3.63) is 34.9 Å². The van der Waals surface area contributed by atoms with E-state index in [-0.39, 0.29) is 0 Å². The minimum Gasteiger partial charge on any atom is -0.370 e. The minimum absolute atomic E-state index is 0.573. The molecular formula is C18H30N4. The van der Waals surface area contributed by atoms with E-state index in [9.17, 15) is 0 Å². The molecule has 1 atom stereocenters. The lowest BCUT2D eigenvalue weighted by Crippen LogP contribution is -2.36. The Balaban J connectivity index is 1.78. The summed E-state index contributed by atoms with van der Waals surface area (Å²) in [5.41, 5.74) is 10.1. The Hall–Kier alpha value is -1.55. The van der Waals surface area contributed by atoms with E-state index in [1.165, 1.54) is 36.1 Å². The highest BCUT2D eigenvalue weighted by Crippen LogP contribution is 2.16. The van der Waals surface area contributed by atoms with Crippen LogP contribution in [0.3, 0.4) is 0 Å². The van der Waals surface area contributed by atoms with Gasteiger partial charge < -0.3 is 11.1 Å². The standard InChI is InChI=1S/C18H30N4/c1-4-22-12-6-9-16(22)13-21-18(19)20-11-10-17-14(2)7-5-8-15(17)3/h5,7-8,16H,4,6,9-13H2,1-3H3,(H3,19,20,21). The van der Waals surface area contributed by atoms with Crippen molar-refractivity contribution in [3.8, 4) is 0 Å². The number of nitrogens with zero attached hydrogens (tertiary/aromatic N) is 2. The second kappa shape index (κ2) is 8.18. The predicted octanol–water partition coefficient (Wildman–Crippen LogP) is 2.23. The van der Waals surface area contributed by atoms with Crippen LogP contribution in [0, 0.1) is 13.8 Å². The molecule has 1 saturated heterocycles. The topological polar surface area (TPSA) is 53.6 Å². The van der Waals surface area contributed by atoms with Crippen LogP contribution in [0.5, 0.6) is 0 Å². The van der Waals surface area contributed by atoms with Crippen molar-refractivity contribution in [2.24, 2.45) is 10.7 Å². The zero-order valence-corrected chi connectivity index (χ0v) is 14.2. The van der Waals surface area contributed by atoms with Crippen LogP contribution >= 0.6 is 0 Å². The molecule has 122 valence electrons. The van der Waals surface area contributed by atoms with Gasteiger partial charge in [0, 0.05) is 12.6 Å². The molecule has 1 heterocycles. The van der Waals surface area contributed by atoms with Crippen molar-refractivity contribution in [2.45, 2.75) is 46.1 Å². The van der Waals surface area contributed by atoms with Gasteiger partial charge in [0.15, 0.2) is 5.96 Å². The van der Waals surface area contributed by atoms with Crippen LogP contribution in [-0.2, 0) is 6.42 Å². The molecule has 1 unspecified atom stereocenters. The number of likely N-dealkylation sites (N-methyl/N-ethyl adjacent to an activating group) is 1. The largest absolute Gasteiger partial charge is 0.370 e. The minimum atomic E-state index is 0.573. The number of hydrogen-bond acceptors (Lipinski definition) is 2. The molecule has 0 aliphatic carbocycles. The predicted molar refractivity (Wildman–Crippen MR) is 94.4 cm³/mol. The van der Waals surface area contributed by atoms with Gasteiger partial charge in [-0.25, -0.2) is 0 Å². The zero-order valence-electron chi connectivity index (χ0n) is 14.2. The molecule has 2 rings (SSSR count). The molecule has 1 fully saturated rings. The molecule has 22 heavy (non-hydrogen) atoms. The van der Waals surface area contributed by atoms with Crippen molar-refractivity contribution in [1.82, 2.24) is 10.2 Å². The highest BCUT2D eigenvalue weighted by molar-refractivity contribution is 5.77. The average molecular weight is 302 g/mol. The maximum Gasteiger partial charge on any atom is 0.188 e. The molecule has 1 aliphatic heterocycles. The lowest BCUT2D eigenvalue weighted by atomic mass is 10.0. The van der Waals surface area contributed by atoms with E-state index in [0.717, 1.165) is 26.1 Å². The van der Waals surface area contributed by atoms with Gasteiger partial charge in [-0.05, 0) is 62.9 Å². The summed E-state index contributed by atoms with van der Waals surface area (Å²) in [5, 5.41) is 3.25. The summed E-state index contributed by atoms with van der Waals surface area (Å²) in [6.45, 7) is 10.5. The van der Waals surface area contributed by atoms with E-state index in [2.05, 4.69) is 54.2 Å². The summed E-state index contributed by atoms with van der Waals surface area (Å²) in [4.78, 5) is 7.02. The normalized spacial score (nSPS) is 19.6. The number of nitrogens with one attached hydrogen (secondary N) is 1. The third kappa shape index (κ3) is 4.47. The maximum atomic E-state index is 6.00. The first kappa shape index (κ1) is 16.8. The Kier molecular flexibility index (Phi) is 6.25. The third-order valence-corrected chi connectivity index (χ3v) is 4.70. The Morgan fingerprint density at radius 3 is 2.77 bits per heavy atom. The van der Waals surface area contributed by atoms with Crippen LogP contribution in [0.15, 0.2) is 23.2 Å². The van der Waals surface area contributed by atoms with Gasteiger partial charge in [0.25, 0.3) is 0 Å². The van der Waals surface area contributed by atoms with Crippen LogP contribution < -0.4 is 11.1 Å². The second-order valence-electron chi connectivity index (χ2n) is 6.20. The SMILES string of the molecule is CCN1CCCC1CN=C(N)NCCc1c(C)cccc1C. The summed E-state index contributed by atoms with van der Waals surface area (Å²) in [5.74, 6) is 0.578. The maximum absolute atomic E-state index is 6.00. The van der Waals surface area contributed by atoms with Crippen molar-refractivity contribution in [1.29, 1.82) is 0 Å². The molecule has 0 bridgehead atoms. The molecule has 0 radical (unpaired) electrons. The van der Waals surface area contributed by atoms with Crippen LogP contribution in [-0.4, -0.2) is 43.1 Å². The van der Waals surface area contributed by atoms with E-state index in [4.69, 9.17) is 5.73 Å². The van der Waals surface area contributed by atoms with Crippen LogP contribution in [0.25, 0.3) is 0 Å². The third-order valence-electron chi connectivity index (χ3n) is 4.70. The monoisotopic (exact) mass is 302 g/mol. The molecule has 0 spiro atoms. The number of likely N-dealkylation sites (tertiary alicyclic amines) is 1. The second-order valence-corrected chi connectivity index (χ2v) is 6.20. The summed E-state index contributed by atoms with van der Waals surface area (Å²) in [6.07, 6.45) is 3.51. The van der Waals surface area contributed by atoms with Crippen molar-refractivity contribution in [2.75, 3.05) is 26.2 Å². The Morgan fingerprint density at radius 2 is 2.09 bits per heavy atom. The van der Waals surface area contributed by atoms with E-state index in [1.54, 1.807) is 0 Å². The van der Waals surface area contributed by atoms with Gasteiger partial charge in [-0.3, -0.25) is 9.89 Å². The number of hydrogen-bond donors (Lipinski definition) is 2. The van der Waals surface area contributed by atoms with Crippen LogP contribution in [0.2, 0.25) is 0 Å². The summed E-state index contributed by atoms with van der Waals surface area (Å²) >= 11 is 0. The summed E-state index contributed by atoms with van der Waals surface area (Å²) in [7, 11) is 0. The lowest BCUT2D eigenvalue weighted by molar-refractivity contribution is 0.273. The Labute approximate surface area is 134 Å². The van der Waals surface area contributed by atoms with Crippen molar-refractivity contribution in [3.63, 3.8) is 0 Å². The van der Waals surface area contributed by atoms with Gasteiger partial charge in [0.2, 0.25) is 0 Å². The number of guanidine groups is 1. The van der Waals surface area contributed by atoms with Gasteiger partial charge in [0.1, 0.15) is 0 Å². The van der Waals surface area contributed by atoms with Gasteiger partial charge >= 0.3 is 0 Å². The first-order valence-electron chi connectivity index (χ1n) is 8.44. The first-order chi connectivity index (χ1) is 10.6. The molecule has 0 saturated carbocycles. The molecule has 0 amide bonds. The van der Waals surface area contributed by atoms with Crippen molar-refractivity contribution >= 4 is 5.96 Å². The van der Waals surface area contributed by atoms with E-state index < -0.39 is 0 Å². The Bertz CT molecular complexity index is 490. The van der Waals surface area contributed by atoms with Crippen molar-refractivity contribution < 1.29 is 0 Å². The quantitative estimate of drug-likeness (QED) is 0.626. The fourth-order valence-corrected chi connectivity index (χ4v) is 3.34. The number of aliphatic imine (C=N–C) groups is 1. The fraction of sp³-hybridized carbons (Fsp3) is 0.611. The highest BCUT2D eigenvalue weighted by Gasteiger charge is 2.22. The smallest absolute Gasteiger partial charge is 0.188 e. The van der Waals surface area contributed by atoms with E-state index >= 15 is 0 Å². The summed E-state index contributed by atoms with van der Waals surface area (Å²) in [6, 6.07) is 7.01. The van der Waals surface area contributed by atoms with Gasteiger partial charge in [0.05, 0.1) is 6.54 Å². The number of rotatable bonds is 6. The number of nitrogens with two attached hydrogens (primary N) is 1. The highest BCUT2D eigenvalue weighted by atomic mass is 15.2. The average Bonchev–Trinajstić information content (AvgIpc) is 2.95. The molecule has 1 aliphatic rings. The molecule has 1 aromatic rings. The van der Waals surface area contributed by atoms with Crippen LogP contribution in [0.4, 0.5) is 0 Å². The van der Waals surface area contributed by atoms with E-state index in [0.29, 0.717) is 12.0 Å². The molecule has 0 aromatic heterocycles.